The van der Waals surface area contributed by atoms with E-state index in [2.05, 4.69) is 61.5 Å². The number of ether oxygens (including phenoxy) is 1. The fourth-order valence-electron chi connectivity index (χ4n) is 9.86. The van der Waals surface area contributed by atoms with Crippen LogP contribution in [0, 0.1) is 39.4 Å². The van der Waals surface area contributed by atoms with Gasteiger partial charge in [0.25, 0.3) is 0 Å². The maximum atomic E-state index is 11.8. The van der Waals surface area contributed by atoms with Gasteiger partial charge in [0.1, 0.15) is 6.10 Å². The lowest BCUT2D eigenvalue weighted by Gasteiger charge is -2.62. The Hall–Kier alpha value is -1.05. The fourth-order valence-corrected chi connectivity index (χ4v) is 9.86. The average Bonchev–Trinajstić information content (AvgIpc) is 3.01. The van der Waals surface area contributed by atoms with E-state index >= 15 is 0 Å². The second kappa shape index (κ2) is 8.81. The van der Waals surface area contributed by atoms with Gasteiger partial charge in [0, 0.05) is 12.3 Å². The first-order chi connectivity index (χ1) is 15.8. The molecule has 4 aliphatic carbocycles. The van der Waals surface area contributed by atoms with Crippen molar-refractivity contribution in [1.82, 2.24) is 0 Å². The van der Waals surface area contributed by atoms with Gasteiger partial charge in [-0.15, -0.1) is 0 Å². The second-order valence-electron chi connectivity index (χ2n) is 14.2. The largest absolute Gasteiger partial charge is 0.462 e. The monoisotopic (exact) mass is 468 g/mol. The van der Waals surface area contributed by atoms with Crippen LogP contribution in [0.3, 0.4) is 0 Å². The van der Waals surface area contributed by atoms with Crippen molar-refractivity contribution in [2.45, 2.75) is 133 Å². The number of allylic oxidation sites excluding steroid dienone is 4. The van der Waals surface area contributed by atoms with E-state index in [9.17, 15) is 4.79 Å². The molecule has 0 aromatic heterocycles. The van der Waals surface area contributed by atoms with E-state index in [1.165, 1.54) is 63.4 Å². The summed E-state index contributed by atoms with van der Waals surface area (Å²) >= 11 is 0. The van der Waals surface area contributed by atoms with Crippen molar-refractivity contribution in [3.8, 4) is 0 Å². The van der Waals surface area contributed by atoms with Crippen LogP contribution in [0.15, 0.2) is 22.8 Å². The molecule has 0 N–H and O–H groups in total. The Labute approximate surface area is 210 Å². The van der Waals surface area contributed by atoms with Crippen LogP contribution in [0.4, 0.5) is 0 Å². The molecule has 34 heavy (non-hydrogen) atoms. The van der Waals surface area contributed by atoms with Crippen molar-refractivity contribution in [2.24, 2.45) is 39.4 Å². The van der Waals surface area contributed by atoms with Crippen LogP contribution >= 0.6 is 0 Å². The maximum Gasteiger partial charge on any atom is 0.302 e. The molecule has 2 fully saturated rings. The molecule has 192 valence electrons. The van der Waals surface area contributed by atoms with Crippen LogP contribution in [0.25, 0.3) is 0 Å². The van der Waals surface area contributed by atoms with Gasteiger partial charge in [0.15, 0.2) is 0 Å². The van der Waals surface area contributed by atoms with Gasteiger partial charge in [-0.25, -0.2) is 0 Å². The third-order valence-electron chi connectivity index (χ3n) is 11.9. The molecule has 0 aliphatic heterocycles. The quantitative estimate of drug-likeness (QED) is 0.297. The highest BCUT2D eigenvalue weighted by Crippen LogP contribution is 2.72. The Kier molecular flexibility index (Phi) is 6.74. The van der Waals surface area contributed by atoms with E-state index in [1.807, 2.05) is 11.1 Å². The molecule has 0 spiro atoms. The van der Waals surface area contributed by atoms with Crippen LogP contribution in [-0.2, 0) is 9.53 Å². The van der Waals surface area contributed by atoms with Crippen LogP contribution in [0.5, 0.6) is 0 Å². The maximum absolute atomic E-state index is 11.8. The molecule has 4 aliphatic rings. The molecule has 0 heterocycles. The summed E-state index contributed by atoms with van der Waals surface area (Å²) in [5, 5.41) is 0. The lowest BCUT2D eigenvalue weighted by molar-refractivity contribution is -0.167. The molecule has 0 aromatic rings. The summed E-state index contributed by atoms with van der Waals surface area (Å²) in [6.07, 6.45) is 15.2. The predicted octanol–water partition coefficient (Wildman–Crippen LogP) is 9.05. The third kappa shape index (κ3) is 3.85. The van der Waals surface area contributed by atoms with Gasteiger partial charge in [0.05, 0.1) is 0 Å². The normalized spacial score (nSPS) is 41.7. The minimum absolute atomic E-state index is 0.0382. The van der Waals surface area contributed by atoms with Gasteiger partial charge in [-0.3, -0.25) is 4.79 Å². The van der Waals surface area contributed by atoms with Gasteiger partial charge in [-0.05, 0) is 112 Å². The van der Waals surface area contributed by atoms with Crippen molar-refractivity contribution >= 4 is 5.97 Å². The van der Waals surface area contributed by atoms with Gasteiger partial charge < -0.3 is 4.74 Å². The fraction of sp³-hybridized carbons (Fsp3) is 0.844. The van der Waals surface area contributed by atoms with E-state index in [1.54, 1.807) is 6.92 Å². The van der Waals surface area contributed by atoms with Crippen molar-refractivity contribution in [2.75, 3.05) is 0 Å². The average molecular weight is 469 g/mol. The summed E-state index contributed by atoms with van der Waals surface area (Å²) in [4.78, 5) is 11.8. The Balaban J connectivity index is 1.63. The first-order valence-electron chi connectivity index (χ1n) is 14.3. The summed E-state index contributed by atoms with van der Waals surface area (Å²) in [6, 6.07) is 0. The number of rotatable bonds is 5. The van der Waals surface area contributed by atoms with Crippen molar-refractivity contribution in [3.05, 3.63) is 22.8 Å². The smallest absolute Gasteiger partial charge is 0.302 e. The van der Waals surface area contributed by atoms with Crippen molar-refractivity contribution in [3.63, 3.8) is 0 Å². The molecule has 0 aromatic carbocycles. The minimum atomic E-state index is -0.117. The standard InChI is InChI=1S/C32H52O2/c1-21(2)11-10-12-22(3)24-15-19-32(9)26-13-14-27-29(5,6)28(34-23(4)33)17-18-30(27,7)25(26)16-20-31(24,32)8/h11,22,24,27-28H,10,12-20H2,1-9H3/t22-,24?,27?,28+,30-,31-,32+/m1/s1. The van der Waals surface area contributed by atoms with E-state index in [0.29, 0.717) is 16.7 Å². The zero-order valence-electron chi connectivity index (χ0n) is 23.8. The third-order valence-corrected chi connectivity index (χ3v) is 11.9. The summed E-state index contributed by atoms with van der Waals surface area (Å²) < 4.78 is 5.87. The van der Waals surface area contributed by atoms with Gasteiger partial charge in [-0.2, -0.15) is 0 Å². The summed E-state index contributed by atoms with van der Waals surface area (Å²) in [5.41, 5.74) is 6.25. The first kappa shape index (κ1) is 26.0. The van der Waals surface area contributed by atoms with Crippen molar-refractivity contribution in [1.29, 1.82) is 0 Å². The molecule has 0 bridgehead atoms. The second-order valence-corrected chi connectivity index (χ2v) is 14.2. The molecule has 4 rings (SSSR count). The molecule has 0 radical (unpaired) electrons. The van der Waals surface area contributed by atoms with E-state index < -0.39 is 0 Å². The molecule has 2 saturated carbocycles. The van der Waals surface area contributed by atoms with Crippen molar-refractivity contribution < 1.29 is 9.53 Å². The minimum Gasteiger partial charge on any atom is -0.462 e. The molecule has 7 atom stereocenters. The van der Waals surface area contributed by atoms with Crippen LogP contribution in [0.1, 0.15) is 127 Å². The van der Waals surface area contributed by atoms with E-state index in [0.717, 1.165) is 18.3 Å². The van der Waals surface area contributed by atoms with Crippen LogP contribution in [-0.4, -0.2) is 12.1 Å². The zero-order chi connectivity index (χ0) is 25.1. The SMILES string of the molecule is CC(=O)O[C@H]1CC[C@]2(C)C3=C(CCC2C1(C)C)[C@]1(C)CCC([C@H](C)CCC=C(C)C)[C@@]1(C)CC3. The predicted molar refractivity (Wildman–Crippen MR) is 142 cm³/mol. The molecule has 0 saturated heterocycles. The topological polar surface area (TPSA) is 26.3 Å². The summed E-state index contributed by atoms with van der Waals surface area (Å²) in [7, 11) is 0. The number of fused-ring (bicyclic) bond motifs is 4. The Morgan fingerprint density at radius 3 is 2.32 bits per heavy atom. The van der Waals surface area contributed by atoms with Crippen LogP contribution in [0.2, 0.25) is 0 Å². The van der Waals surface area contributed by atoms with E-state index in [-0.39, 0.29) is 22.9 Å². The number of esters is 1. The molecule has 2 heteroatoms. The zero-order valence-corrected chi connectivity index (χ0v) is 23.8. The van der Waals surface area contributed by atoms with Crippen LogP contribution < -0.4 is 0 Å². The molecular formula is C32H52O2. The summed E-state index contributed by atoms with van der Waals surface area (Å²) in [5.74, 6) is 2.13. The lowest BCUT2D eigenvalue weighted by Crippen LogP contribution is -2.55. The Morgan fingerprint density at radius 2 is 1.68 bits per heavy atom. The molecule has 0 amide bonds. The molecular weight excluding hydrogens is 416 g/mol. The number of carbonyl (C=O) groups is 1. The first-order valence-corrected chi connectivity index (χ1v) is 14.3. The highest BCUT2D eigenvalue weighted by molar-refractivity contribution is 5.66. The van der Waals surface area contributed by atoms with Gasteiger partial charge in [0.2, 0.25) is 0 Å². The number of hydrogen-bond acceptors (Lipinski definition) is 2. The van der Waals surface area contributed by atoms with Gasteiger partial charge >= 0.3 is 5.97 Å². The molecule has 2 unspecified atom stereocenters. The van der Waals surface area contributed by atoms with E-state index in [4.69, 9.17) is 4.74 Å². The Bertz CT molecular complexity index is 873. The molecule has 2 nitrogen and oxygen atoms in total. The van der Waals surface area contributed by atoms with Gasteiger partial charge in [-0.1, -0.05) is 64.3 Å². The number of hydrogen-bond donors (Lipinski definition) is 0. The lowest BCUT2D eigenvalue weighted by atomic mass is 9.43. The highest BCUT2D eigenvalue weighted by Gasteiger charge is 2.63. The summed E-state index contributed by atoms with van der Waals surface area (Å²) in [6.45, 7) is 21.2. The highest BCUT2D eigenvalue weighted by atomic mass is 16.5. The number of carbonyl (C=O) groups excluding carboxylic acids is 1. The Morgan fingerprint density at radius 1 is 0.971 bits per heavy atom.